The van der Waals surface area contributed by atoms with Crippen molar-refractivity contribution < 1.29 is 19.9 Å². The van der Waals surface area contributed by atoms with Gasteiger partial charge in [0.25, 0.3) is 11.6 Å². The number of carbonyl (C=O) groups is 1. The molecule has 120 valence electrons. The topological polar surface area (TPSA) is 163 Å². The number of aromatic hydroxyl groups is 2. The van der Waals surface area contributed by atoms with Crippen LogP contribution in [0.1, 0.15) is 10.4 Å². The van der Waals surface area contributed by atoms with Gasteiger partial charge >= 0.3 is 0 Å². The Balaban J connectivity index is 2.67. The van der Waals surface area contributed by atoms with Gasteiger partial charge in [0.05, 0.1) is 21.6 Å². The molecular formula is C15H10N4O5. The SMILES string of the molecule is N=NC(=O)c1cc([N+](=O)[O-])c2c(O)c3ccccc3c(O)c2c1N. The Morgan fingerprint density at radius 1 is 1.17 bits per heavy atom. The molecule has 0 heterocycles. The molecule has 0 aliphatic heterocycles. The fourth-order valence-electron chi connectivity index (χ4n) is 2.72. The number of amides is 1. The van der Waals surface area contributed by atoms with E-state index < -0.39 is 33.6 Å². The highest BCUT2D eigenvalue weighted by Gasteiger charge is 2.27. The van der Waals surface area contributed by atoms with Gasteiger partial charge in [0.1, 0.15) is 16.9 Å². The van der Waals surface area contributed by atoms with E-state index in [1.807, 2.05) is 0 Å². The quantitative estimate of drug-likeness (QED) is 0.141. The van der Waals surface area contributed by atoms with Crippen molar-refractivity contribution in [2.45, 2.75) is 0 Å². The summed E-state index contributed by atoms with van der Waals surface area (Å²) in [7, 11) is 0. The summed E-state index contributed by atoms with van der Waals surface area (Å²) >= 11 is 0. The van der Waals surface area contributed by atoms with Gasteiger partial charge in [0, 0.05) is 16.8 Å². The lowest BCUT2D eigenvalue weighted by Crippen LogP contribution is -2.04. The predicted molar refractivity (Wildman–Crippen MR) is 85.3 cm³/mol. The fourth-order valence-corrected chi connectivity index (χ4v) is 2.72. The van der Waals surface area contributed by atoms with Crippen molar-refractivity contribution in [2.75, 3.05) is 5.73 Å². The third-order valence-corrected chi connectivity index (χ3v) is 3.79. The minimum Gasteiger partial charge on any atom is -0.507 e. The van der Waals surface area contributed by atoms with Crippen molar-refractivity contribution >= 4 is 38.8 Å². The van der Waals surface area contributed by atoms with E-state index in [1.165, 1.54) is 12.1 Å². The predicted octanol–water partition coefficient (Wildman–Crippen LogP) is 3.07. The lowest BCUT2D eigenvalue weighted by Gasteiger charge is -2.13. The summed E-state index contributed by atoms with van der Waals surface area (Å²) in [4.78, 5) is 22.3. The Bertz CT molecular complexity index is 1060. The average molecular weight is 326 g/mol. The number of non-ortho nitro benzene ring substituents is 1. The lowest BCUT2D eigenvalue weighted by molar-refractivity contribution is -0.383. The van der Waals surface area contributed by atoms with Crippen LogP contribution < -0.4 is 5.73 Å². The molecule has 9 heteroatoms. The van der Waals surface area contributed by atoms with E-state index in [4.69, 9.17) is 11.3 Å². The zero-order chi connectivity index (χ0) is 17.6. The Morgan fingerprint density at radius 2 is 1.71 bits per heavy atom. The third kappa shape index (κ3) is 1.92. The van der Waals surface area contributed by atoms with Crippen LogP contribution >= 0.6 is 0 Å². The van der Waals surface area contributed by atoms with Gasteiger partial charge < -0.3 is 15.9 Å². The number of nitrogen functional groups attached to an aromatic ring is 1. The molecule has 0 unspecified atom stereocenters. The van der Waals surface area contributed by atoms with Crippen LogP contribution in [-0.4, -0.2) is 21.0 Å². The third-order valence-electron chi connectivity index (χ3n) is 3.79. The molecule has 3 rings (SSSR count). The van der Waals surface area contributed by atoms with Crippen LogP contribution in [0.5, 0.6) is 11.5 Å². The summed E-state index contributed by atoms with van der Waals surface area (Å²) < 4.78 is 0. The molecule has 0 atom stereocenters. The number of hydrogen-bond donors (Lipinski definition) is 4. The molecule has 24 heavy (non-hydrogen) atoms. The van der Waals surface area contributed by atoms with Crippen LogP contribution in [0, 0.1) is 15.6 Å². The largest absolute Gasteiger partial charge is 0.507 e. The summed E-state index contributed by atoms with van der Waals surface area (Å²) in [5.41, 5.74) is 11.4. The summed E-state index contributed by atoms with van der Waals surface area (Å²) in [6.07, 6.45) is 0. The van der Waals surface area contributed by atoms with Gasteiger partial charge in [-0.2, -0.15) is 0 Å². The number of nitro benzene ring substituents is 1. The van der Waals surface area contributed by atoms with Crippen molar-refractivity contribution in [3.63, 3.8) is 0 Å². The molecule has 1 amide bonds. The van der Waals surface area contributed by atoms with Crippen LogP contribution in [0.3, 0.4) is 0 Å². The number of nitrogens with one attached hydrogen (secondary N) is 1. The first-order valence-corrected chi connectivity index (χ1v) is 6.63. The molecule has 0 aromatic heterocycles. The number of nitro groups is 1. The van der Waals surface area contributed by atoms with Crippen molar-refractivity contribution in [1.29, 1.82) is 5.53 Å². The molecule has 0 aliphatic carbocycles. The van der Waals surface area contributed by atoms with Crippen molar-refractivity contribution in [3.8, 4) is 11.5 Å². The number of benzene rings is 3. The van der Waals surface area contributed by atoms with Crippen LogP contribution in [0.15, 0.2) is 35.4 Å². The monoisotopic (exact) mass is 326 g/mol. The summed E-state index contributed by atoms with van der Waals surface area (Å²) in [6, 6.07) is 7.03. The molecule has 3 aromatic rings. The summed E-state index contributed by atoms with van der Waals surface area (Å²) in [5.74, 6) is -1.93. The van der Waals surface area contributed by atoms with E-state index in [9.17, 15) is 25.1 Å². The Hall–Kier alpha value is -3.75. The average Bonchev–Trinajstić information content (AvgIpc) is 2.58. The van der Waals surface area contributed by atoms with E-state index in [-0.39, 0.29) is 27.2 Å². The Morgan fingerprint density at radius 3 is 2.21 bits per heavy atom. The fraction of sp³-hybridized carbons (Fsp3) is 0. The van der Waals surface area contributed by atoms with Crippen LogP contribution in [0.25, 0.3) is 21.5 Å². The van der Waals surface area contributed by atoms with E-state index in [0.29, 0.717) is 0 Å². The second kappa shape index (κ2) is 5.16. The molecule has 0 aliphatic rings. The first-order chi connectivity index (χ1) is 11.4. The molecule has 0 radical (unpaired) electrons. The normalized spacial score (nSPS) is 10.8. The van der Waals surface area contributed by atoms with Gasteiger partial charge in [0.2, 0.25) is 0 Å². The number of nitrogens with two attached hydrogens (primary N) is 1. The van der Waals surface area contributed by atoms with Crippen LogP contribution in [0.2, 0.25) is 0 Å². The van der Waals surface area contributed by atoms with Crippen molar-refractivity contribution in [2.24, 2.45) is 5.11 Å². The number of rotatable bonds is 2. The zero-order valence-electron chi connectivity index (χ0n) is 12.0. The van der Waals surface area contributed by atoms with E-state index in [0.717, 1.165) is 6.07 Å². The zero-order valence-corrected chi connectivity index (χ0v) is 12.0. The molecule has 5 N–H and O–H groups in total. The molecule has 0 saturated heterocycles. The number of phenolic OH excluding ortho intramolecular Hbond substituents is 2. The number of carbonyl (C=O) groups excluding carboxylic acids is 1. The number of hydrogen-bond acceptors (Lipinski definition) is 7. The number of phenols is 2. The van der Waals surface area contributed by atoms with Gasteiger partial charge in [-0.3, -0.25) is 14.9 Å². The van der Waals surface area contributed by atoms with Crippen molar-refractivity contribution in [1.82, 2.24) is 0 Å². The maximum absolute atomic E-state index is 11.7. The minimum atomic E-state index is -1.09. The van der Waals surface area contributed by atoms with E-state index >= 15 is 0 Å². The standard InChI is InChI=1S/C15H10N4O5/c16-12-8(15(22)18-17)5-9(19(23)24)10-11(12)14(21)7-4-2-1-3-6(7)13(10)20/h1-5,17,20-21H,16H2. The number of nitrogens with zero attached hydrogens (tertiary/aromatic N) is 2. The molecule has 0 saturated carbocycles. The Labute approximate surface area is 133 Å². The number of fused-ring (bicyclic) bond motifs is 2. The highest BCUT2D eigenvalue weighted by Crippen LogP contribution is 2.48. The molecule has 0 spiro atoms. The molecule has 0 fully saturated rings. The van der Waals surface area contributed by atoms with Gasteiger partial charge in [-0.25, -0.2) is 5.53 Å². The highest BCUT2D eigenvalue weighted by molar-refractivity contribution is 6.20. The first kappa shape index (κ1) is 15.2. The molecule has 9 nitrogen and oxygen atoms in total. The second-order valence-electron chi connectivity index (χ2n) is 5.02. The van der Waals surface area contributed by atoms with E-state index in [1.54, 1.807) is 12.1 Å². The van der Waals surface area contributed by atoms with Crippen LogP contribution in [-0.2, 0) is 0 Å². The molecule has 3 aromatic carbocycles. The number of anilines is 1. The molecule has 0 bridgehead atoms. The maximum atomic E-state index is 11.7. The van der Waals surface area contributed by atoms with Gasteiger partial charge in [-0.15, -0.1) is 5.11 Å². The second-order valence-corrected chi connectivity index (χ2v) is 5.02. The van der Waals surface area contributed by atoms with E-state index in [2.05, 4.69) is 5.11 Å². The minimum absolute atomic E-state index is 0.203. The van der Waals surface area contributed by atoms with Crippen molar-refractivity contribution in [3.05, 3.63) is 46.0 Å². The summed E-state index contributed by atoms with van der Waals surface area (Å²) in [5, 5.41) is 34.9. The lowest BCUT2D eigenvalue weighted by atomic mass is 9.95. The maximum Gasteiger partial charge on any atom is 0.297 e. The van der Waals surface area contributed by atoms with Gasteiger partial charge in [-0.05, 0) is 0 Å². The first-order valence-electron chi connectivity index (χ1n) is 6.63. The van der Waals surface area contributed by atoms with Gasteiger partial charge in [0.15, 0.2) is 0 Å². The molecular weight excluding hydrogens is 316 g/mol. The summed E-state index contributed by atoms with van der Waals surface area (Å²) in [6.45, 7) is 0. The highest BCUT2D eigenvalue weighted by atomic mass is 16.6. The van der Waals surface area contributed by atoms with Gasteiger partial charge in [-0.1, -0.05) is 24.3 Å². The van der Waals surface area contributed by atoms with Crippen LogP contribution in [0.4, 0.5) is 11.4 Å². The Kier molecular flexibility index (Phi) is 3.26. The smallest absolute Gasteiger partial charge is 0.297 e.